The van der Waals surface area contributed by atoms with Gasteiger partial charge in [-0.2, -0.15) is 0 Å². The van der Waals surface area contributed by atoms with Gasteiger partial charge in [0.05, 0.1) is 6.61 Å². The fraction of sp³-hybridized carbons (Fsp3) is 0.680. The summed E-state index contributed by atoms with van der Waals surface area (Å²) in [5, 5.41) is 0. The van der Waals surface area contributed by atoms with Gasteiger partial charge in [-0.3, -0.25) is 9.59 Å². The standard InChI is InChI=1S/C25H36O4/c1-2-18-28-23(26)25(21-14-8-4-9-15-21,22-16-10-5-11-17-22)24(27)29-19-20-12-6-3-7-13-20/h3,6-7,12-13,21-22H,2,4-5,8-11,14-19H2,1H3. The number of esters is 2. The maximum atomic E-state index is 13.7. The van der Waals surface area contributed by atoms with Gasteiger partial charge in [0.15, 0.2) is 5.41 Å². The molecule has 0 aromatic heterocycles. The molecule has 0 atom stereocenters. The van der Waals surface area contributed by atoms with Gasteiger partial charge in [-0.1, -0.05) is 75.8 Å². The molecule has 1 aromatic rings. The number of carbonyl (C=O) groups excluding carboxylic acids is 2. The highest BCUT2D eigenvalue weighted by atomic mass is 16.6. The third-order valence-electron chi connectivity index (χ3n) is 6.82. The average molecular weight is 401 g/mol. The van der Waals surface area contributed by atoms with E-state index in [0.717, 1.165) is 63.4 Å². The van der Waals surface area contributed by atoms with Crippen LogP contribution in [0.4, 0.5) is 0 Å². The van der Waals surface area contributed by atoms with Crippen molar-refractivity contribution in [2.24, 2.45) is 17.3 Å². The summed E-state index contributed by atoms with van der Waals surface area (Å²) >= 11 is 0. The van der Waals surface area contributed by atoms with E-state index in [2.05, 4.69) is 0 Å². The first-order valence-corrected chi connectivity index (χ1v) is 11.6. The Morgan fingerprint density at radius 3 is 1.86 bits per heavy atom. The number of hydrogen-bond acceptors (Lipinski definition) is 4. The SMILES string of the molecule is CCCOC(=O)C(C(=O)OCc1ccccc1)(C1CCCCC1)C1CCCCC1. The second-order valence-electron chi connectivity index (χ2n) is 8.74. The van der Waals surface area contributed by atoms with Crippen LogP contribution in [-0.2, 0) is 25.7 Å². The van der Waals surface area contributed by atoms with E-state index in [4.69, 9.17) is 9.47 Å². The average Bonchev–Trinajstić information content (AvgIpc) is 2.79. The van der Waals surface area contributed by atoms with Crippen LogP contribution in [0.15, 0.2) is 30.3 Å². The third-order valence-corrected chi connectivity index (χ3v) is 6.82. The molecule has 0 radical (unpaired) electrons. The van der Waals surface area contributed by atoms with Crippen molar-refractivity contribution in [3.63, 3.8) is 0 Å². The molecule has 0 amide bonds. The lowest BCUT2D eigenvalue weighted by molar-refractivity contribution is -0.187. The van der Waals surface area contributed by atoms with Crippen LogP contribution in [-0.4, -0.2) is 18.5 Å². The number of hydrogen-bond donors (Lipinski definition) is 0. The molecule has 0 aliphatic heterocycles. The van der Waals surface area contributed by atoms with E-state index >= 15 is 0 Å². The molecule has 1 aromatic carbocycles. The van der Waals surface area contributed by atoms with E-state index < -0.39 is 5.41 Å². The summed E-state index contributed by atoms with van der Waals surface area (Å²) < 4.78 is 11.6. The zero-order chi connectivity index (χ0) is 20.5. The van der Waals surface area contributed by atoms with Crippen LogP contribution in [0.25, 0.3) is 0 Å². The molecule has 2 aliphatic rings. The molecule has 0 spiro atoms. The maximum Gasteiger partial charge on any atom is 0.324 e. The Morgan fingerprint density at radius 1 is 0.828 bits per heavy atom. The van der Waals surface area contributed by atoms with Crippen LogP contribution in [0.5, 0.6) is 0 Å². The highest BCUT2D eigenvalue weighted by Gasteiger charge is 2.59. The highest BCUT2D eigenvalue weighted by Crippen LogP contribution is 2.50. The lowest BCUT2D eigenvalue weighted by Gasteiger charge is -2.44. The van der Waals surface area contributed by atoms with E-state index in [9.17, 15) is 9.59 Å². The molecular formula is C25H36O4. The Labute approximate surface area is 175 Å². The lowest BCUT2D eigenvalue weighted by atomic mass is 9.58. The molecule has 29 heavy (non-hydrogen) atoms. The molecule has 0 saturated heterocycles. The Bertz CT molecular complexity index is 624. The predicted molar refractivity (Wildman–Crippen MR) is 113 cm³/mol. The molecule has 160 valence electrons. The van der Waals surface area contributed by atoms with Gasteiger partial charge in [0, 0.05) is 0 Å². The van der Waals surface area contributed by atoms with Crippen LogP contribution in [0, 0.1) is 17.3 Å². The van der Waals surface area contributed by atoms with Gasteiger partial charge in [0.2, 0.25) is 0 Å². The summed E-state index contributed by atoms with van der Waals surface area (Å²) in [5.74, 6) is -0.601. The zero-order valence-electron chi connectivity index (χ0n) is 17.9. The molecule has 4 heteroatoms. The minimum absolute atomic E-state index is 0.0342. The van der Waals surface area contributed by atoms with E-state index in [1.807, 2.05) is 37.3 Å². The summed E-state index contributed by atoms with van der Waals surface area (Å²) in [5.41, 5.74) is -0.186. The monoisotopic (exact) mass is 400 g/mol. The van der Waals surface area contributed by atoms with Crippen LogP contribution in [0.1, 0.15) is 83.1 Å². The van der Waals surface area contributed by atoms with Gasteiger partial charge in [-0.15, -0.1) is 0 Å². The maximum absolute atomic E-state index is 13.7. The molecular weight excluding hydrogens is 364 g/mol. The number of rotatable bonds is 8. The van der Waals surface area contributed by atoms with Crippen molar-refractivity contribution in [2.45, 2.75) is 84.2 Å². The summed E-state index contributed by atoms with van der Waals surface area (Å²) in [6, 6.07) is 9.72. The lowest BCUT2D eigenvalue weighted by Crippen LogP contribution is -2.54. The first kappa shape index (κ1) is 21.9. The van der Waals surface area contributed by atoms with Gasteiger partial charge in [-0.25, -0.2) is 0 Å². The first-order valence-electron chi connectivity index (χ1n) is 11.6. The summed E-state index contributed by atoms with van der Waals surface area (Å²) in [4.78, 5) is 27.3. The normalized spacial score (nSPS) is 18.9. The Kier molecular flexibility index (Phi) is 8.14. The zero-order valence-corrected chi connectivity index (χ0v) is 17.9. The van der Waals surface area contributed by atoms with Crippen molar-refractivity contribution in [2.75, 3.05) is 6.61 Å². The molecule has 2 saturated carbocycles. The van der Waals surface area contributed by atoms with Crippen LogP contribution in [0.2, 0.25) is 0 Å². The van der Waals surface area contributed by atoms with Crippen LogP contribution >= 0.6 is 0 Å². The van der Waals surface area contributed by atoms with E-state index in [-0.39, 0.29) is 30.4 Å². The summed E-state index contributed by atoms with van der Waals surface area (Å²) in [6.45, 7) is 2.57. The van der Waals surface area contributed by atoms with E-state index in [1.165, 1.54) is 12.8 Å². The van der Waals surface area contributed by atoms with E-state index in [1.54, 1.807) is 0 Å². The quantitative estimate of drug-likeness (QED) is 0.407. The van der Waals surface area contributed by atoms with Gasteiger partial charge < -0.3 is 9.47 Å². The first-order chi connectivity index (χ1) is 14.2. The molecule has 4 nitrogen and oxygen atoms in total. The predicted octanol–water partition coefficient (Wildman–Crippen LogP) is 5.83. The fourth-order valence-corrected chi connectivity index (χ4v) is 5.36. The van der Waals surface area contributed by atoms with Crippen LogP contribution in [0.3, 0.4) is 0 Å². The molecule has 0 unspecified atom stereocenters. The van der Waals surface area contributed by atoms with Crippen molar-refractivity contribution in [3.05, 3.63) is 35.9 Å². The third kappa shape index (κ3) is 5.02. The molecule has 0 N–H and O–H groups in total. The van der Waals surface area contributed by atoms with Gasteiger partial charge in [0.1, 0.15) is 6.61 Å². The fourth-order valence-electron chi connectivity index (χ4n) is 5.36. The molecule has 0 heterocycles. The molecule has 2 aliphatic carbocycles. The number of benzene rings is 1. The van der Waals surface area contributed by atoms with E-state index in [0.29, 0.717) is 6.61 Å². The van der Waals surface area contributed by atoms with Crippen molar-refractivity contribution < 1.29 is 19.1 Å². The van der Waals surface area contributed by atoms with Crippen molar-refractivity contribution in [1.82, 2.24) is 0 Å². The summed E-state index contributed by atoms with van der Waals surface area (Å²) in [6.07, 6.45) is 11.1. The minimum atomic E-state index is -1.13. The largest absolute Gasteiger partial charge is 0.465 e. The Balaban J connectivity index is 1.91. The number of ether oxygens (including phenoxy) is 2. The summed E-state index contributed by atoms with van der Waals surface area (Å²) in [7, 11) is 0. The van der Waals surface area contributed by atoms with Crippen molar-refractivity contribution >= 4 is 11.9 Å². The topological polar surface area (TPSA) is 52.6 Å². The molecule has 0 bridgehead atoms. The van der Waals surface area contributed by atoms with Gasteiger partial charge in [-0.05, 0) is 49.5 Å². The second kappa shape index (κ2) is 10.8. The smallest absolute Gasteiger partial charge is 0.324 e. The molecule has 2 fully saturated rings. The van der Waals surface area contributed by atoms with Crippen LogP contribution < -0.4 is 0 Å². The molecule has 3 rings (SSSR count). The highest BCUT2D eigenvalue weighted by molar-refractivity contribution is 6.01. The Hall–Kier alpha value is -1.84. The van der Waals surface area contributed by atoms with Gasteiger partial charge in [0.25, 0.3) is 0 Å². The van der Waals surface area contributed by atoms with Crippen molar-refractivity contribution in [3.8, 4) is 0 Å². The number of carbonyl (C=O) groups is 2. The second-order valence-corrected chi connectivity index (χ2v) is 8.74. The van der Waals surface area contributed by atoms with Gasteiger partial charge >= 0.3 is 11.9 Å². The minimum Gasteiger partial charge on any atom is -0.465 e. The Morgan fingerprint density at radius 2 is 1.34 bits per heavy atom. The van der Waals surface area contributed by atoms with Crippen molar-refractivity contribution in [1.29, 1.82) is 0 Å².